The molecule has 1 saturated heterocycles. The Morgan fingerprint density at radius 3 is 2.57 bits per heavy atom. The van der Waals surface area contributed by atoms with Gasteiger partial charge in [-0.15, -0.1) is 0 Å². The minimum atomic E-state index is -1.45. The highest BCUT2D eigenvalue weighted by Crippen LogP contribution is 2.34. The number of ether oxygens (including phenoxy) is 3. The molecule has 7 aromatic rings. The molecule has 4 heterocycles. The molecule has 12 nitrogen and oxygen atoms in total. The summed E-state index contributed by atoms with van der Waals surface area (Å²) >= 11 is 12.5. The van der Waals surface area contributed by atoms with Gasteiger partial charge in [-0.3, -0.25) is 9.69 Å². The van der Waals surface area contributed by atoms with E-state index < -0.39 is 12.1 Å². The first-order valence-electron chi connectivity index (χ1n) is 18.1. The summed E-state index contributed by atoms with van der Waals surface area (Å²) in [7, 11) is 0. The number of esters is 1. The Morgan fingerprint density at radius 2 is 1.79 bits per heavy atom. The van der Waals surface area contributed by atoms with E-state index in [9.17, 15) is 9.90 Å². The first-order valence-corrected chi connectivity index (χ1v) is 18.9. The van der Waals surface area contributed by atoms with Crippen molar-refractivity contribution in [1.82, 2.24) is 15.0 Å². The highest BCUT2D eigenvalue weighted by Gasteiger charge is 2.37. The van der Waals surface area contributed by atoms with Crippen LogP contribution in [0.3, 0.4) is 0 Å². The van der Waals surface area contributed by atoms with Crippen molar-refractivity contribution in [2.75, 3.05) is 32.9 Å². The molecular weight excluding hydrogens is 759 g/mol. The van der Waals surface area contributed by atoms with Crippen LogP contribution in [0.2, 0.25) is 10.0 Å². The lowest BCUT2D eigenvalue weighted by atomic mass is 9.98. The van der Waals surface area contributed by atoms with E-state index in [1.54, 1.807) is 42.7 Å². The molecule has 0 saturated carbocycles. The van der Waals surface area contributed by atoms with Crippen LogP contribution in [0, 0.1) is 5.92 Å². The van der Waals surface area contributed by atoms with Crippen LogP contribution >= 0.6 is 23.2 Å². The van der Waals surface area contributed by atoms with Crippen molar-refractivity contribution in [1.29, 1.82) is 0 Å². The van der Waals surface area contributed by atoms with E-state index in [2.05, 4.69) is 15.0 Å². The topological polar surface area (TPSA) is 159 Å². The van der Waals surface area contributed by atoms with Crippen LogP contribution in [0.15, 0.2) is 105 Å². The van der Waals surface area contributed by atoms with Gasteiger partial charge in [0.15, 0.2) is 0 Å². The lowest BCUT2D eigenvalue weighted by Gasteiger charge is -2.38. The van der Waals surface area contributed by atoms with Gasteiger partial charge in [-0.25, -0.2) is 0 Å². The molecular formula is C42H38Cl2N4O8. The number of halogens is 2. The lowest BCUT2D eigenvalue weighted by molar-refractivity contribution is -0.157. The van der Waals surface area contributed by atoms with Crippen LogP contribution in [0.1, 0.15) is 30.2 Å². The third-order valence-electron chi connectivity index (χ3n) is 9.72. The van der Waals surface area contributed by atoms with Crippen LogP contribution in [0.5, 0.6) is 11.5 Å². The summed E-state index contributed by atoms with van der Waals surface area (Å²) in [5, 5.41) is 17.2. The van der Waals surface area contributed by atoms with E-state index in [0.29, 0.717) is 82.5 Å². The fourth-order valence-corrected chi connectivity index (χ4v) is 6.89. The molecule has 0 radical (unpaired) electrons. The Hall–Kier alpha value is -5.37. The van der Waals surface area contributed by atoms with Crippen molar-refractivity contribution in [2.24, 2.45) is 11.7 Å². The Kier molecular flexibility index (Phi) is 10.7. The number of hydrogen-bond acceptors (Lipinski definition) is 12. The monoisotopic (exact) mass is 796 g/mol. The molecule has 3 aromatic heterocycles. The largest absolute Gasteiger partial charge is 0.492 e. The average molecular weight is 798 g/mol. The lowest BCUT2D eigenvalue weighted by Crippen LogP contribution is -2.52. The third-order valence-corrected chi connectivity index (χ3v) is 10.2. The molecule has 4 aromatic carbocycles. The fraction of sp³-hybridized carbons (Fsp3) is 0.262. The number of nitrogens with two attached hydrogens (primary N) is 1. The fourth-order valence-electron chi connectivity index (χ4n) is 6.49. The predicted molar refractivity (Wildman–Crippen MR) is 210 cm³/mol. The molecule has 3 N–H and O–H groups in total. The van der Waals surface area contributed by atoms with Crippen LogP contribution < -0.4 is 15.2 Å². The molecule has 14 heteroatoms. The van der Waals surface area contributed by atoms with Gasteiger partial charge in [-0.1, -0.05) is 47.4 Å². The maximum atomic E-state index is 13.0. The molecule has 0 amide bonds. The molecule has 0 aliphatic carbocycles. The number of fused-ring (bicyclic) bond motifs is 2. The Balaban J connectivity index is 0.829. The van der Waals surface area contributed by atoms with Crippen LogP contribution in [0.4, 0.5) is 0 Å². The highest BCUT2D eigenvalue weighted by molar-refractivity contribution is 6.32. The van der Waals surface area contributed by atoms with Gasteiger partial charge in [0.1, 0.15) is 47.2 Å². The smallest absolute Gasteiger partial charge is 0.311 e. The van der Waals surface area contributed by atoms with Crippen molar-refractivity contribution in [3.05, 3.63) is 118 Å². The SMILES string of the molecule is CCCOc1ccc(-c2nc(-c3ccc4oc(C(N)(CO)COC(=O)C5CN(Cc6ccc(OCc7coc8ccc(Cl)cc78)cc6)C5)cc4c3)no2)cc1Cl. The molecule has 0 spiro atoms. The van der Waals surface area contributed by atoms with E-state index in [1.165, 1.54) is 0 Å². The van der Waals surface area contributed by atoms with Gasteiger partial charge >= 0.3 is 5.97 Å². The van der Waals surface area contributed by atoms with Gasteiger partial charge in [0.25, 0.3) is 5.89 Å². The summed E-state index contributed by atoms with van der Waals surface area (Å²) in [6.45, 7) is 3.94. The Bertz CT molecular complexity index is 2490. The Morgan fingerprint density at radius 1 is 0.982 bits per heavy atom. The molecule has 56 heavy (non-hydrogen) atoms. The molecule has 0 bridgehead atoms. The summed E-state index contributed by atoms with van der Waals surface area (Å²) in [6.07, 6.45) is 2.55. The summed E-state index contributed by atoms with van der Waals surface area (Å²) in [5.41, 5.74) is 9.75. The zero-order valence-corrected chi connectivity index (χ0v) is 31.9. The number of benzene rings is 4. The summed E-state index contributed by atoms with van der Waals surface area (Å²) in [5.74, 6) is 1.58. The van der Waals surface area contributed by atoms with E-state index in [4.69, 9.17) is 56.5 Å². The van der Waals surface area contributed by atoms with E-state index in [-0.39, 0.29) is 24.3 Å². The van der Waals surface area contributed by atoms with E-state index >= 15 is 0 Å². The second-order valence-corrected chi connectivity index (χ2v) is 14.8. The third kappa shape index (κ3) is 7.97. The number of carbonyl (C=O) groups is 1. The second kappa shape index (κ2) is 16.0. The molecule has 1 fully saturated rings. The van der Waals surface area contributed by atoms with Crippen molar-refractivity contribution >= 4 is 51.1 Å². The van der Waals surface area contributed by atoms with Gasteiger partial charge < -0.3 is 38.4 Å². The van der Waals surface area contributed by atoms with E-state index in [1.807, 2.05) is 55.5 Å². The average Bonchev–Trinajstić information content (AvgIpc) is 3.96. The van der Waals surface area contributed by atoms with Crippen molar-refractivity contribution < 1.29 is 37.5 Å². The minimum absolute atomic E-state index is 0.256. The maximum Gasteiger partial charge on any atom is 0.311 e. The predicted octanol–water partition coefficient (Wildman–Crippen LogP) is 8.39. The molecule has 1 aliphatic heterocycles. The number of furan rings is 2. The minimum Gasteiger partial charge on any atom is -0.492 e. The number of hydrogen-bond donors (Lipinski definition) is 2. The van der Waals surface area contributed by atoms with Gasteiger partial charge in [0.05, 0.1) is 30.4 Å². The van der Waals surface area contributed by atoms with Gasteiger partial charge in [-0.2, -0.15) is 4.98 Å². The van der Waals surface area contributed by atoms with Gasteiger partial charge in [0, 0.05) is 52.1 Å². The standard InChI is InChI=1S/C42H38Cl2N4O8/c1-2-13-51-37-11-6-27(15-34(37)44)40-46-39(47-56-40)26-5-10-35-28(14-26)16-38(55-35)42(45,23-49)24-54-41(50)29-19-48(20-29)18-25-3-8-32(9-4-25)52-21-30-22-53-36-12-7-31(43)17-33(30)36/h3-12,14-17,22,29,49H,2,13,18-21,23-24,45H2,1H3. The van der Waals surface area contributed by atoms with Crippen LogP contribution in [0.25, 0.3) is 44.8 Å². The van der Waals surface area contributed by atoms with E-state index in [0.717, 1.165) is 34.3 Å². The molecule has 1 unspecified atom stereocenters. The van der Waals surface area contributed by atoms with Crippen molar-refractivity contribution in [3.8, 4) is 34.3 Å². The molecule has 1 aliphatic rings. The van der Waals surface area contributed by atoms with Crippen molar-refractivity contribution in [2.45, 2.75) is 32.0 Å². The molecule has 8 rings (SSSR count). The summed E-state index contributed by atoms with van der Waals surface area (Å²) < 4.78 is 34.4. The number of aliphatic hydroxyl groups excluding tert-OH is 1. The second-order valence-electron chi connectivity index (χ2n) is 13.9. The summed E-state index contributed by atoms with van der Waals surface area (Å²) in [6, 6.07) is 25.8. The van der Waals surface area contributed by atoms with Crippen LogP contribution in [-0.2, 0) is 28.2 Å². The normalized spacial score (nSPS) is 14.5. The van der Waals surface area contributed by atoms with Crippen LogP contribution in [-0.4, -0.2) is 59.0 Å². The van der Waals surface area contributed by atoms with Gasteiger partial charge in [0.2, 0.25) is 5.82 Å². The van der Waals surface area contributed by atoms with Crippen molar-refractivity contribution in [3.63, 3.8) is 0 Å². The highest BCUT2D eigenvalue weighted by atomic mass is 35.5. The molecule has 1 atom stereocenters. The number of carbonyl (C=O) groups excluding carboxylic acids is 1. The number of likely N-dealkylation sites (tertiary alicyclic amines) is 1. The number of aliphatic hydroxyl groups is 1. The number of aromatic nitrogens is 2. The molecule has 288 valence electrons. The first kappa shape index (κ1) is 37.5. The first-order chi connectivity index (χ1) is 27.2. The number of nitrogens with zero attached hydrogens (tertiary/aromatic N) is 3. The quantitative estimate of drug-likeness (QED) is 0.0956. The Labute approximate surface area is 331 Å². The zero-order valence-electron chi connectivity index (χ0n) is 30.4. The van der Waals surface area contributed by atoms with Gasteiger partial charge in [-0.05, 0) is 84.8 Å². The maximum absolute atomic E-state index is 13.0. The zero-order chi connectivity index (χ0) is 38.8. The summed E-state index contributed by atoms with van der Waals surface area (Å²) in [4.78, 5) is 19.7. The number of rotatable bonds is 15.